The van der Waals surface area contributed by atoms with E-state index in [4.69, 9.17) is 15.2 Å². The van der Waals surface area contributed by atoms with Crippen LogP contribution in [0.2, 0.25) is 0 Å². The van der Waals surface area contributed by atoms with Gasteiger partial charge in [-0.1, -0.05) is 24.3 Å². The SMILES string of the molecule is Cc1ccccc1COc1ccc(OCCCN)cc1.Cl. The lowest BCUT2D eigenvalue weighted by molar-refractivity contribution is 0.300. The third-order valence-corrected chi connectivity index (χ3v) is 3.10. The quantitative estimate of drug-likeness (QED) is 0.793. The molecule has 0 radical (unpaired) electrons. The summed E-state index contributed by atoms with van der Waals surface area (Å²) in [6.45, 7) is 3.98. The summed E-state index contributed by atoms with van der Waals surface area (Å²) in [6.07, 6.45) is 0.867. The second-order valence-corrected chi connectivity index (χ2v) is 4.68. The van der Waals surface area contributed by atoms with Crippen LogP contribution in [-0.2, 0) is 6.61 Å². The Kier molecular flexibility index (Phi) is 7.65. The molecular formula is C17H22ClNO2. The molecule has 0 fully saturated rings. The summed E-state index contributed by atoms with van der Waals surface area (Å²) in [4.78, 5) is 0. The summed E-state index contributed by atoms with van der Waals surface area (Å²) in [6, 6.07) is 15.9. The van der Waals surface area contributed by atoms with Gasteiger partial charge in [0.15, 0.2) is 0 Å². The highest BCUT2D eigenvalue weighted by Gasteiger charge is 2.00. The first kappa shape index (κ1) is 17.3. The van der Waals surface area contributed by atoms with E-state index >= 15 is 0 Å². The largest absolute Gasteiger partial charge is 0.494 e. The third-order valence-electron chi connectivity index (χ3n) is 3.10. The maximum Gasteiger partial charge on any atom is 0.120 e. The van der Waals surface area contributed by atoms with Crippen molar-refractivity contribution in [2.45, 2.75) is 20.0 Å². The molecule has 0 aliphatic heterocycles. The van der Waals surface area contributed by atoms with Crippen molar-refractivity contribution in [1.82, 2.24) is 0 Å². The van der Waals surface area contributed by atoms with Gasteiger partial charge in [-0.3, -0.25) is 0 Å². The minimum Gasteiger partial charge on any atom is -0.494 e. The van der Waals surface area contributed by atoms with Crippen LogP contribution >= 0.6 is 12.4 Å². The second kappa shape index (κ2) is 9.27. The normalized spacial score (nSPS) is 9.81. The molecule has 0 atom stereocenters. The Labute approximate surface area is 132 Å². The van der Waals surface area contributed by atoms with Crippen LogP contribution in [0.3, 0.4) is 0 Å². The maximum atomic E-state index is 5.78. The molecule has 21 heavy (non-hydrogen) atoms. The Bertz CT molecular complexity index is 529. The molecule has 2 rings (SSSR count). The molecule has 0 saturated heterocycles. The van der Waals surface area contributed by atoms with E-state index in [0.29, 0.717) is 19.8 Å². The van der Waals surface area contributed by atoms with Crippen molar-refractivity contribution in [3.63, 3.8) is 0 Å². The number of benzene rings is 2. The Morgan fingerprint density at radius 1 is 0.905 bits per heavy atom. The average molecular weight is 308 g/mol. The highest BCUT2D eigenvalue weighted by atomic mass is 35.5. The first-order chi connectivity index (χ1) is 9.79. The Balaban J connectivity index is 0.00000220. The van der Waals surface area contributed by atoms with Crippen molar-refractivity contribution in [3.05, 3.63) is 59.7 Å². The summed E-state index contributed by atoms with van der Waals surface area (Å²) in [7, 11) is 0. The zero-order valence-electron chi connectivity index (χ0n) is 12.2. The number of ether oxygens (including phenoxy) is 2. The second-order valence-electron chi connectivity index (χ2n) is 4.68. The van der Waals surface area contributed by atoms with Gasteiger partial charge in [0.25, 0.3) is 0 Å². The van der Waals surface area contributed by atoms with Crippen molar-refractivity contribution in [2.75, 3.05) is 13.2 Å². The fraction of sp³-hybridized carbons (Fsp3) is 0.294. The maximum absolute atomic E-state index is 5.78. The van der Waals surface area contributed by atoms with E-state index in [1.165, 1.54) is 11.1 Å². The fourth-order valence-electron chi connectivity index (χ4n) is 1.84. The zero-order chi connectivity index (χ0) is 14.2. The van der Waals surface area contributed by atoms with Crippen molar-refractivity contribution in [3.8, 4) is 11.5 Å². The van der Waals surface area contributed by atoms with Gasteiger partial charge >= 0.3 is 0 Å². The van der Waals surface area contributed by atoms with E-state index < -0.39 is 0 Å². The van der Waals surface area contributed by atoms with Gasteiger partial charge in [-0.2, -0.15) is 0 Å². The zero-order valence-corrected chi connectivity index (χ0v) is 13.1. The minimum atomic E-state index is 0. The standard InChI is InChI=1S/C17H21NO2.ClH/c1-14-5-2-3-6-15(14)13-20-17-9-7-16(8-10-17)19-12-4-11-18;/h2-3,5-10H,4,11-13,18H2,1H3;1H. The molecule has 2 aromatic carbocycles. The van der Waals surface area contributed by atoms with Gasteiger partial charge in [0.05, 0.1) is 6.61 Å². The summed E-state index contributed by atoms with van der Waals surface area (Å²) in [5.41, 5.74) is 7.87. The van der Waals surface area contributed by atoms with Gasteiger partial charge in [-0.25, -0.2) is 0 Å². The molecule has 0 unspecified atom stereocenters. The molecule has 0 spiro atoms. The summed E-state index contributed by atoms with van der Waals surface area (Å²) in [5.74, 6) is 1.70. The molecule has 0 aromatic heterocycles. The van der Waals surface area contributed by atoms with Crippen LogP contribution in [0, 0.1) is 6.92 Å². The van der Waals surface area contributed by atoms with Crippen LogP contribution in [0.15, 0.2) is 48.5 Å². The van der Waals surface area contributed by atoms with E-state index in [1.54, 1.807) is 0 Å². The van der Waals surface area contributed by atoms with Crippen LogP contribution in [-0.4, -0.2) is 13.2 Å². The van der Waals surface area contributed by atoms with Gasteiger partial charge < -0.3 is 15.2 Å². The van der Waals surface area contributed by atoms with Crippen molar-refractivity contribution in [2.24, 2.45) is 5.73 Å². The van der Waals surface area contributed by atoms with E-state index in [0.717, 1.165) is 17.9 Å². The Morgan fingerprint density at radius 3 is 2.14 bits per heavy atom. The first-order valence-corrected chi connectivity index (χ1v) is 6.90. The summed E-state index contributed by atoms with van der Waals surface area (Å²) < 4.78 is 11.3. The number of aryl methyl sites for hydroxylation is 1. The van der Waals surface area contributed by atoms with E-state index in [9.17, 15) is 0 Å². The monoisotopic (exact) mass is 307 g/mol. The number of hydrogen-bond donors (Lipinski definition) is 1. The number of hydrogen-bond acceptors (Lipinski definition) is 3. The van der Waals surface area contributed by atoms with Gasteiger partial charge in [0, 0.05) is 0 Å². The molecule has 0 bridgehead atoms. The first-order valence-electron chi connectivity index (χ1n) is 6.90. The minimum absolute atomic E-state index is 0. The molecule has 0 aliphatic carbocycles. The van der Waals surface area contributed by atoms with Gasteiger partial charge in [-0.15, -0.1) is 12.4 Å². The molecule has 0 saturated carbocycles. The Hall–Kier alpha value is -1.71. The molecule has 0 aliphatic rings. The lowest BCUT2D eigenvalue weighted by Gasteiger charge is -2.10. The molecular weight excluding hydrogens is 286 g/mol. The van der Waals surface area contributed by atoms with Gasteiger partial charge in [-0.05, 0) is 55.3 Å². The lowest BCUT2D eigenvalue weighted by atomic mass is 10.1. The summed E-state index contributed by atoms with van der Waals surface area (Å²) >= 11 is 0. The number of halogens is 1. The number of rotatable bonds is 7. The molecule has 4 heteroatoms. The van der Waals surface area contributed by atoms with Crippen molar-refractivity contribution < 1.29 is 9.47 Å². The van der Waals surface area contributed by atoms with Crippen LogP contribution in [0.5, 0.6) is 11.5 Å². The van der Waals surface area contributed by atoms with Gasteiger partial charge in [0.1, 0.15) is 18.1 Å². The molecule has 0 heterocycles. The smallest absolute Gasteiger partial charge is 0.120 e. The predicted octanol–water partition coefficient (Wildman–Crippen LogP) is 3.72. The van der Waals surface area contributed by atoms with E-state index in [-0.39, 0.29) is 12.4 Å². The third kappa shape index (κ3) is 5.66. The summed E-state index contributed by atoms with van der Waals surface area (Å²) in [5, 5.41) is 0. The molecule has 114 valence electrons. The van der Waals surface area contributed by atoms with Crippen LogP contribution in [0.25, 0.3) is 0 Å². The topological polar surface area (TPSA) is 44.5 Å². The van der Waals surface area contributed by atoms with Crippen LogP contribution in [0.4, 0.5) is 0 Å². The van der Waals surface area contributed by atoms with Crippen molar-refractivity contribution >= 4 is 12.4 Å². The van der Waals surface area contributed by atoms with E-state index in [2.05, 4.69) is 19.1 Å². The van der Waals surface area contributed by atoms with Crippen LogP contribution < -0.4 is 15.2 Å². The number of nitrogens with two attached hydrogens (primary N) is 1. The predicted molar refractivity (Wildman–Crippen MR) is 88.4 cm³/mol. The fourth-order valence-corrected chi connectivity index (χ4v) is 1.84. The molecule has 0 amide bonds. The molecule has 2 N–H and O–H groups in total. The molecule has 3 nitrogen and oxygen atoms in total. The Morgan fingerprint density at radius 2 is 1.52 bits per heavy atom. The highest BCUT2D eigenvalue weighted by Crippen LogP contribution is 2.19. The van der Waals surface area contributed by atoms with Crippen LogP contribution in [0.1, 0.15) is 17.5 Å². The van der Waals surface area contributed by atoms with E-state index in [1.807, 2.05) is 36.4 Å². The highest BCUT2D eigenvalue weighted by molar-refractivity contribution is 5.85. The van der Waals surface area contributed by atoms with Crippen molar-refractivity contribution in [1.29, 1.82) is 0 Å². The lowest BCUT2D eigenvalue weighted by Crippen LogP contribution is -2.06. The average Bonchev–Trinajstić information content (AvgIpc) is 2.48. The molecule has 2 aromatic rings. The van der Waals surface area contributed by atoms with Gasteiger partial charge in [0.2, 0.25) is 0 Å².